The van der Waals surface area contributed by atoms with Crippen molar-refractivity contribution in [1.82, 2.24) is 19.9 Å². The molecule has 3 aromatic rings. The minimum Gasteiger partial charge on any atom is -0.385 e. The molecule has 10 heteroatoms. The first-order valence-electron chi connectivity index (χ1n) is 11.5. The molecule has 2 aliphatic rings. The average molecular weight is 480 g/mol. The van der Waals surface area contributed by atoms with Crippen molar-refractivity contribution in [3.63, 3.8) is 0 Å². The number of allylic oxidation sites excluding steroid dienone is 1. The summed E-state index contributed by atoms with van der Waals surface area (Å²) in [7, 11) is 1.95. The molecule has 9 nitrogen and oxygen atoms in total. The number of hydrogen-bond acceptors (Lipinski definition) is 10. The van der Waals surface area contributed by atoms with E-state index >= 15 is 0 Å². The molecule has 1 aromatic carbocycles. The highest BCUT2D eigenvalue weighted by atomic mass is 32.1. The zero-order valence-electron chi connectivity index (χ0n) is 19.4. The average Bonchev–Trinajstić information content (AvgIpc) is 3.27. The maximum atomic E-state index is 10.1. The lowest BCUT2D eigenvalue weighted by Crippen LogP contribution is -2.41. The zero-order valence-corrected chi connectivity index (χ0v) is 20.2. The van der Waals surface area contributed by atoms with E-state index in [1.807, 2.05) is 11.9 Å². The molecule has 1 saturated heterocycles. The SMILES string of the molecule is CCNc1ccc(-c2nc(N3CCOCC3)c3sc(CN(C)C4N=CC=CN4O)cc3n2)cc1. The summed E-state index contributed by atoms with van der Waals surface area (Å²) in [6, 6.07) is 10.4. The monoisotopic (exact) mass is 479 g/mol. The van der Waals surface area contributed by atoms with E-state index in [0.29, 0.717) is 19.8 Å². The van der Waals surface area contributed by atoms with Crippen LogP contribution < -0.4 is 10.2 Å². The second-order valence-corrected chi connectivity index (χ2v) is 9.42. The van der Waals surface area contributed by atoms with Gasteiger partial charge >= 0.3 is 0 Å². The molecule has 0 saturated carbocycles. The van der Waals surface area contributed by atoms with E-state index in [0.717, 1.165) is 62.7 Å². The molecule has 0 aliphatic carbocycles. The van der Waals surface area contributed by atoms with Gasteiger partial charge in [0.2, 0.25) is 6.29 Å². The normalized spacial score (nSPS) is 18.3. The molecule has 2 N–H and O–H groups in total. The molecule has 178 valence electrons. The Morgan fingerprint density at radius 2 is 2.00 bits per heavy atom. The number of thiophene rings is 1. The number of hydrogen-bond donors (Lipinski definition) is 2. The van der Waals surface area contributed by atoms with Crippen molar-refractivity contribution >= 4 is 39.3 Å². The van der Waals surface area contributed by atoms with Gasteiger partial charge in [-0.1, -0.05) is 0 Å². The van der Waals surface area contributed by atoms with Gasteiger partial charge in [0.15, 0.2) is 11.6 Å². The van der Waals surface area contributed by atoms with Crippen LogP contribution in [0.15, 0.2) is 47.6 Å². The molecule has 2 aromatic heterocycles. The standard InChI is InChI=1S/C24H29N7O2S/c1-3-25-18-7-5-17(6-8-18)22-27-20-15-19(16-29(2)24-26-9-4-10-31(24)32)34-21(20)23(28-22)30-11-13-33-14-12-30/h4-10,15,24-25,32H,3,11-14,16H2,1-2H3. The van der Waals surface area contributed by atoms with E-state index in [1.165, 1.54) is 0 Å². The van der Waals surface area contributed by atoms with Crippen LogP contribution in [0, 0.1) is 0 Å². The highest BCUT2D eigenvalue weighted by Gasteiger charge is 2.23. The fraction of sp³-hybridized carbons (Fsp3) is 0.375. The first kappa shape index (κ1) is 22.7. The molecule has 5 rings (SSSR count). The largest absolute Gasteiger partial charge is 0.385 e. The molecular formula is C24H29N7O2S. The number of nitrogens with zero attached hydrogens (tertiary/aromatic N) is 6. The van der Waals surface area contributed by atoms with Crippen LogP contribution in [-0.4, -0.2) is 77.5 Å². The number of ether oxygens (including phenoxy) is 1. The van der Waals surface area contributed by atoms with Gasteiger partial charge in [-0.05, 0) is 50.4 Å². The summed E-state index contributed by atoms with van der Waals surface area (Å²) in [6.07, 6.45) is 4.56. The Morgan fingerprint density at radius 3 is 2.74 bits per heavy atom. The quantitative estimate of drug-likeness (QED) is 0.531. The van der Waals surface area contributed by atoms with Crippen LogP contribution >= 0.6 is 11.3 Å². The maximum absolute atomic E-state index is 10.1. The Morgan fingerprint density at radius 1 is 1.21 bits per heavy atom. The lowest BCUT2D eigenvalue weighted by molar-refractivity contribution is -0.125. The Bertz CT molecular complexity index is 1190. The Balaban J connectivity index is 1.49. The summed E-state index contributed by atoms with van der Waals surface area (Å²) in [5, 5.41) is 14.6. The minimum absolute atomic E-state index is 0.453. The van der Waals surface area contributed by atoms with Gasteiger partial charge in [-0.15, -0.1) is 11.3 Å². The first-order valence-corrected chi connectivity index (χ1v) is 12.3. The van der Waals surface area contributed by atoms with E-state index in [-0.39, 0.29) is 0 Å². The second-order valence-electron chi connectivity index (χ2n) is 8.29. The van der Waals surface area contributed by atoms with Crippen LogP contribution in [0.5, 0.6) is 0 Å². The number of anilines is 2. The van der Waals surface area contributed by atoms with Gasteiger partial charge in [0.1, 0.15) is 0 Å². The lowest BCUT2D eigenvalue weighted by Gasteiger charge is -2.30. The van der Waals surface area contributed by atoms with Crippen molar-refractivity contribution in [2.24, 2.45) is 4.99 Å². The number of morpholine rings is 1. The van der Waals surface area contributed by atoms with Crippen LogP contribution in [0.1, 0.15) is 11.8 Å². The second kappa shape index (κ2) is 10.1. The summed E-state index contributed by atoms with van der Waals surface area (Å²) < 4.78 is 6.65. The van der Waals surface area contributed by atoms with E-state index < -0.39 is 6.29 Å². The van der Waals surface area contributed by atoms with E-state index in [9.17, 15) is 5.21 Å². The van der Waals surface area contributed by atoms with Gasteiger partial charge < -0.3 is 15.0 Å². The molecule has 1 fully saturated rings. The predicted octanol–water partition coefficient (Wildman–Crippen LogP) is 3.63. The summed E-state index contributed by atoms with van der Waals surface area (Å²) in [5.74, 6) is 1.68. The zero-order chi connectivity index (χ0) is 23.5. The molecule has 0 bridgehead atoms. The van der Waals surface area contributed by atoms with Crippen LogP contribution in [0.4, 0.5) is 11.5 Å². The predicted molar refractivity (Wildman–Crippen MR) is 137 cm³/mol. The third-order valence-electron chi connectivity index (χ3n) is 5.82. The number of benzene rings is 1. The number of fused-ring (bicyclic) bond motifs is 1. The van der Waals surface area contributed by atoms with E-state index in [1.54, 1.807) is 29.8 Å². The molecular weight excluding hydrogens is 450 g/mol. The van der Waals surface area contributed by atoms with E-state index in [2.05, 4.69) is 52.5 Å². The number of rotatable bonds is 7. The maximum Gasteiger partial charge on any atom is 0.201 e. The fourth-order valence-corrected chi connectivity index (χ4v) is 5.32. The van der Waals surface area contributed by atoms with Crippen molar-refractivity contribution in [2.45, 2.75) is 19.8 Å². The van der Waals surface area contributed by atoms with Gasteiger partial charge in [-0.25, -0.2) is 15.0 Å². The lowest BCUT2D eigenvalue weighted by atomic mass is 10.2. The van der Waals surface area contributed by atoms with Crippen molar-refractivity contribution < 1.29 is 9.94 Å². The smallest absolute Gasteiger partial charge is 0.201 e. The Labute approximate surface area is 203 Å². The third-order valence-corrected chi connectivity index (χ3v) is 6.92. The number of aromatic nitrogens is 2. The summed E-state index contributed by atoms with van der Waals surface area (Å²) in [5.41, 5.74) is 3.01. The Kier molecular flexibility index (Phi) is 6.73. The molecule has 4 heterocycles. The number of nitrogens with one attached hydrogen (secondary N) is 1. The molecule has 0 radical (unpaired) electrons. The van der Waals surface area contributed by atoms with Gasteiger partial charge in [0.05, 0.1) is 23.4 Å². The van der Waals surface area contributed by atoms with Gasteiger partial charge in [0.25, 0.3) is 0 Å². The topological polar surface area (TPSA) is 89.4 Å². The van der Waals surface area contributed by atoms with Gasteiger partial charge in [-0.3, -0.25) is 15.1 Å². The molecule has 1 atom stereocenters. The van der Waals surface area contributed by atoms with Crippen LogP contribution in [0.25, 0.3) is 21.6 Å². The summed E-state index contributed by atoms with van der Waals surface area (Å²) >= 11 is 1.69. The Hall–Kier alpha value is -3.05. The summed E-state index contributed by atoms with van der Waals surface area (Å²) in [4.78, 5) is 19.7. The van der Waals surface area contributed by atoms with E-state index in [4.69, 9.17) is 14.7 Å². The van der Waals surface area contributed by atoms with Crippen LogP contribution in [0.2, 0.25) is 0 Å². The molecule has 1 unspecified atom stereocenters. The summed E-state index contributed by atoms with van der Waals surface area (Å²) in [6.45, 7) is 6.59. The molecule has 0 amide bonds. The van der Waals surface area contributed by atoms with Gasteiger partial charge in [0, 0.05) is 54.7 Å². The number of aliphatic imine (C=N–C) groups is 1. The van der Waals surface area contributed by atoms with Crippen molar-refractivity contribution in [3.8, 4) is 11.4 Å². The van der Waals surface area contributed by atoms with Crippen LogP contribution in [0.3, 0.4) is 0 Å². The van der Waals surface area contributed by atoms with Crippen molar-refractivity contribution in [2.75, 3.05) is 50.1 Å². The minimum atomic E-state index is -0.453. The fourth-order valence-electron chi connectivity index (χ4n) is 4.14. The molecule has 34 heavy (non-hydrogen) atoms. The number of hydroxylamine groups is 2. The first-order chi connectivity index (χ1) is 16.6. The molecule has 2 aliphatic heterocycles. The van der Waals surface area contributed by atoms with Crippen LogP contribution in [-0.2, 0) is 11.3 Å². The highest BCUT2D eigenvalue weighted by Crippen LogP contribution is 2.35. The third kappa shape index (κ3) is 4.76. The van der Waals surface area contributed by atoms with Crippen molar-refractivity contribution in [3.05, 3.63) is 47.5 Å². The highest BCUT2D eigenvalue weighted by molar-refractivity contribution is 7.19. The molecule has 0 spiro atoms. The van der Waals surface area contributed by atoms with Crippen molar-refractivity contribution in [1.29, 1.82) is 0 Å². The van der Waals surface area contributed by atoms with Gasteiger partial charge in [-0.2, -0.15) is 0 Å².